The predicted molar refractivity (Wildman–Crippen MR) is 70.5 cm³/mol. The third kappa shape index (κ3) is 2.03. The van der Waals surface area contributed by atoms with Gasteiger partial charge in [0, 0.05) is 11.3 Å². The molecule has 0 saturated heterocycles. The molecular formula is C15H16FN. The Morgan fingerprint density at radius 2 is 1.76 bits per heavy atom. The van der Waals surface area contributed by atoms with Crippen LogP contribution in [0.1, 0.15) is 16.7 Å². The van der Waals surface area contributed by atoms with Crippen molar-refractivity contribution in [1.82, 2.24) is 0 Å². The molecule has 0 saturated carbocycles. The Labute approximate surface area is 101 Å². The summed E-state index contributed by atoms with van der Waals surface area (Å²) in [5.74, 6) is -0.184. The van der Waals surface area contributed by atoms with Gasteiger partial charge in [-0.3, -0.25) is 0 Å². The molecule has 0 aliphatic heterocycles. The van der Waals surface area contributed by atoms with Crippen molar-refractivity contribution in [2.24, 2.45) is 0 Å². The number of rotatable bonds is 1. The van der Waals surface area contributed by atoms with Gasteiger partial charge in [0.2, 0.25) is 0 Å². The third-order valence-electron chi connectivity index (χ3n) is 3.08. The quantitative estimate of drug-likeness (QED) is 0.735. The molecule has 0 atom stereocenters. The molecular weight excluding hydrogens is 213 g/mol. The van der Waals surface area contributed by atoms with Crippen LogP contribution in [-0.4, -0.2) is 0 Å². The van der Waals surface area contributed by atoms with E-state index in [0.717, 1.165) is 22.3 Å². The molecule has 0 radical (unpaired) electrons. The zero-order valence-corrected chi connectivity index (χ0v) is 10.3. The maximum absolute atomic E-state index is 14.1. The summed E-state index contributed by atoms with van der Waals surface area (Å²) >= 11 is 0. The van der Waals surface area contributed by atoms with Crippen LogP contribution in [0.15, 0.2) is 30.3 Å². The van der Waals surface area contributed by atoms with Gasteiger partial charge in [-0.05, 0) is 55.2 Å². The number of nitrogens with two attached hydrogens (primary N) is 1. The van der Waals surface area contributed by atoms with E-state index in [1.54, 1.807) is 6.07 Å². The van der Waals surface area contributed by atoms with E-state index in [-0.39, 0.29) is 5.82 Å². The molecule has 0 bridgehead atoms. The van der Waals surface area contributed by atoms with Crippen LogP contribution in [0.4, 0.5) is 10.1 Å². The summed E-state index contributed by atoms with van der Waals surface area (Å²) < 4.78 is 14.1. The molecule has 0 unspecified atom stereocenters. The first-order valence-electron chi connectivity index (χ1n) is 5.63. The van der Waals surface area contributed by atoms with Crippen LogP contribution in [0.2, 0.25) is 0 Å². The number of hydrogen-bond acceptors (Lipinski definition) is 1. The van der Waals surface area contributed by atoms with E-state index in [9.17, 15) is 4.39 Å². The van der Waals surface area contributed by atoms with E-state index in [1.165, 1.54) is 0 Å². The standard InChI is InChI=1S/C15H16FN/c1-9-7-10(2)15(13(16)8-9)12-5-4-6-14(17)11(12)3/h4-8H,17H2,1-3H3. The minimum atomic E-state index is -0.184. The van der Waals surface area contributed by atoms with Crippen LogP contribution in [0.5, 0.6) is 0 Å². The van der Waals surface area contributed by atoms with Gasteiger partial charge in [0.05, 0.1) is 0 Å². The van der Waals surface area contributed by atoms with Crippen LogP contribution in [0, 0.1) is 26.6 Å². The first-order valence-corrected chi connectivity index (χ1v) is 5.63. The summed E-state index contributed by atoms with van der Waals surface area (Å²) in [6, 6.07) is 9.15. The fraction of sp³-hybridized carbons (Fsp3) is 0.200. The minimum Gasteiger partial charge on any atom is -0.398 e. The van der Waals surface area contributed by atoms with Crippen LogP contribution in [-0.2, 0) is 0 Å². The minimum absolute atomic E-state index is 0.184. The maximum Gasteiger partial charge on any atom is 0.131 e. The van der Waals surface area contributed by atoms with Crippen molar-refractivity contribution in [3.63, 3.8) is 0 Å². The fourth-order valence-corrected chi connectivity index (χ4v) is 2.18. The van der Waals surface area contributed by atoms with E-state index in [0.29, 0.717) is 11.3 Å². The van der Waals surface area contributed by atoms with Gasteiger partial charge >= 0.3 is 0 Å². The van der Waals surface area contributed by atoms with Crippen molar-refractivity contribution in [3.8, 4) is 11.1 Å². The smallest absolute Gasteiger partial charge is 0.131 e. The van der Waals surface area contributed by atoms with Crippen molar-refractivity contribution < 1.29 is 4.39 Å². The second-order valence-corrected chi connectivity index (χ2v) is 4.46. The van der Waals surface area contributed by atoms with E-state index >= 15 is 0 Å². The largest absolute Gasteiger partial charge is 0.398 e. The van der Waals surface area contributed by atoms with E-state index < -0.39 is 0 Å². The number of anilines is 1. The monoisotopic (exact) mass is 229 g/mol. The van der Waals surface area contributed by atoms with Crippen molar-refractivity contribution in [3.05, 3.63) is 52.8 Å². The molecule has 0 heterocycles. The fourth-order valence-electron chi connectivity index (χ4n) is 2.18. The zero-order valence-electron chi connectivity index (χ0n) is 10.3. The Bertz CT molecular complexity index is 550. The molecule has 1 nitrogen and oxygen atoms in total. The number of halogens is 1. The Balaban J connectivity index is 2.73. The molecule has 0 fully saturated rings. The van der Waals surface area contributed by atoms with Gasteiger partial charge in [-0.1, -0.05) is 18.2 Å². The molecule has 0 spiro atoms. The van der Waals surface area contributed by atoms with Crippen LogP contribution in [0.25, 0.3) is 11.1 Å². The highest BCUT2D eigenvalue weighted by molar-refractivity contribution is 5.75. The summed E-state index contributed by atoms with van der Waals surface area (Å²) in [7, 11) is 0. The lowest BCUT2D eigenvalue weighted by Gasteiger charge is -2.13. The first-order chi connectivity index (χ1) is 8.00. The number of hydrogen-bond donors (Lipinski definition) is 1. The molecule has 88 valence electrons. The molecule has 0 amide bonds. The van der Waals surface area contributed by atoms with Gasteiger partial charge in [0.25, 0.3) is 0 Å². The Morgan fingerprint density at radius 3 is 2.41 bits per heavy atom. The van der Waals surface area contributed by atoms with Gasteiger partial charge in [0.1, 0.15) is 5.82 Å². The second-order valence-electron chi connectivity index (χ2n) is 4.46. The molecule has 2 rings (SSSR count). The van der Waals surface area contributed by atoms with Crippen molar-refractivity contribution in [2.45, 2.75) is 20.8 Å². The summed E-state index contributed by atoms with van der Waals surface area (Å²) in [6.07, 6.45) is 0. The topological polar surface area (TPSA) is 26.0 Å². The third-order valence-corrected chi connectivity index (χ3v) is 3.08. The molecule has 0 aromatic heterocycles. The molecule has 0 aliphatic rings. The van der Waals surface area contributed by atoms with E-state index in [4.69, 9.17) is 5.73 Å². The zero-order chi connectivity index (χ0) is 12.6. The predicted octanol–water partition coefficient (Wildman–Crippen LogP) is 4.00. The normalized spacial score (nSPS) is 10.6. The van der Waals surface area contributed by atoms with Gasteiger partial charge in [-0.15, -0.1) is 0 Å². The molecule has 17 heavy (non-hydrogen) atoms. The number of aryl methyl sites for hydroxylation is 2. The Kier molecular flexibility index (Phi) is 2.88. The lowest BCUT2D eigenvalue weighted by atomic mass is 9.94. The second kappa shape index (κ2) is 4.21. The SMILES string of the molecule is Cc1cc(C)c(-c2cccc(N)c2C)c(F)c1. The van der Waals surface area contributed by atoms with Crippen LogP contribution >= 0.6 is 0 Å². The van der Waals surface area contributed by atoms with Crippen molar-refractivity contribution >= 4 is 5.69 Å². The van der Waals surface area contributed by atoms with E-state index in [2.05, 4.69) is 0 Å². The lowest BCUT2D eigenvalue weighted by Crippen LogP contribution is -1.96. The highest BCUT2D eigenvalue weighted by atomic mass is 19.1. The summed E-state index contributed by atoms with van der Waals surface area (Å²) in [4.78, 5) is 0. The summed E-state index contributed by atoms with van der Waals surface area (Å²) in [5, 5.41) is 0. The average Bonchev–Trinajstić information content (AvgIpc) is 2.23. The average molecular weight is 229 g/mol. The lowest BCUT2D eigenvalue weighted by molar-refractivity contribution is 0.629. The molecule has 2 aromatic rings. The molecule has 2 aromatic carbocycles. The van der Waals surface area contributed by atoms with Gasteiger partial charge in [-0.2, -0.15) is 0 Å². The van der Waals surface area contributed by atoms with Crippen molar-refractivity contribution in [2.75, 3.05) is 5.73 Å². The van der Waals surface area contributed by atoms with Gasteiger partial charge < -0.3 is 5.73 Å². The Morgan fingerprint density at radius 1 is 1.06 bits per heavy atom. The molecule has 2 heteroatoms. The highest BCUT2D eigenvalue weighted by Crippen LogP contribution is 2.32. The highest BCUT2D eigenvalue weighted by Gasteiger charge is 2.12. The summed E-state index contributed by atoms with van der Waals surface area (Å²) in [6.45, 7) is 5.74. The van der Waals surface area contributed by atoms with Crippen LogP contribution < -0.4 is 5.73 Å². The number of nitrogen functional groups attached to an aromatic ring is 1. The molecule has 0 aliphatic carbocycles. The van der Waals surface area contributed by atoms with Crippen LogP contribution in [0.3, 0.4) is 0 Å². The van der Waals surface area contributed by atoms with Gasteiger partial charge in [-0.25, -0.2) is 4.39 Å². The van der Waals surface area contributed by atoms with E-state index in [1.807, 2.05) is 45.0 Å². The maximum atomic E-state index is 14.1. The summed E-state index contributed by atoms with van der Waals surface area (Å²) in [5.41, 5.74) is 10.9. The Hall–Kier alpha value is -1.83. The van der Waals surface area contributed by atoms with Crippen molar-refractivity contribution in [1.29, 1.82) is 0 Å². The van der Waals surface area contributed by atoms with Gasteiger partial charge in [0.15, 0.2) is 0 Å². The number of benzene rings is 2. The first kappa shape index (κ1) is 11.6. The molecule has 2 N–H and O–H groups in total.